The van der Waals surface area contributed by atoms with Crippen molar-refractivity contribution in [3.63, 3.8) is 0 Å². The molecule has 0 aromatic heterocycles. The first kappa shape index (κ1) is 24.2. The summed E-state index contributed by atoms with van der Waals surface area (Å²) in [5, 5.41) is 5.53. The van der Waals surface area contributed by atoms with E-state index in [0.717, 1.165) is 5.56 Å². The minimum absolute atomic E-state index is 0.0266. The standard InChI is InChI=1S/C22H32N2O5/c1-15(2)17(12-13-19(25)28-6)23-20(26)18(14-16-10-8-7-9-11-16)24-21(27)29-22(3,4)5/h7-13,15,17-18H,14H2,1-6H3,(H,23,26)(H,24,27)/b13-12+/t17-,18+/m1/s1. The molecular weight excluding hydrogens is 372 g/mol. The first-order valence-electron chi connectivity index (χ1n) is 9.61. The second-order valence-corrected chi connectivity index (χ2v) is 8.05. The van der Waals surface area contributed by atoms with E-state index in [1.165, 1.54) is 13.2 Å². The van der Waals surface area contributed by atoms with E-state index in [9.17, 15) is 14.4 Å². The number of ether oxygens (including phenoxy) is 2. The molecule has 2 amide bonds. The quantitative estimate of drug-likeness (QED) is 0.513. The van der Waals surface area contributed by atoms with Gasteiger partial charge in [0.2, 0.25) is 5.91 Å². The molecule has 0 fully saturated rings. The summed E-state index contributed by atoms with van der Waals surface area (Å²) in [5.41, 5.74) is 0.219. The Morgan fingerprint density at radius 1 is 1.07 bits per heavy atom. The van der Waals surface area contributed by atoms with E-state index in [-0.39, 0.29) is 11.8 Å². The number of alkyl carbamates (subject to hydrolysis) is 1. The number of carbonyl (C=O) groups is 3. The molecule has 0 bridgehead atoms. The third-order valence-electron chi connectivity index (χ3n) is 3.96. The van der Waals surface area contributed by atoms with Gasteiger partial charge in [-0.15, -0.1) is 0 Å². The lowest BCUT2D eigenvalue weighted by atomic mass is 10.0. The third kappa shape index (κ3) is 9.78. The number of amides is 2. The summed E-state index contributed by atoms with van der Waals surface area (Å²) in [6.45, 7) is 9.10. The van der Waals surface area contributed by atoms with Crippen LogP contribution < -0.4 is 10.6 Å². The molecule has 1 aromatic rings. The maximum atomic E-state index is 12.9. The molecule has 160 valence electrons. The van der Waals surface area contributed by atoms with E-state index in [0.29, 0.717) is 6.42 Å². The molecule has 0 heterocycles. The van der Waals surface area contributed by atoms with Gasteiger partial charge in [-0.25, -0.2) is 9.59 Å². The Balaban J connectivity index is 2.96. The molecule has 0 radical (unpaired) electrons. The van der Waals surface area contributed by atoms with E-state index in [4.69, 9.17) is 4.74 Å². The fourth-order valence-electron chi connectivity index (χ4n) is 2.46. The van der Waals surface area contributed by atoms with E-state index >= 15 is 0 Å². The molecule has 0 aliphatic rings. The van der Waals surface area contributed by atoms with Gasteiger partial charge in [0.15, 0.2) is 0 Å². The molecule has 0 aliphatic carbocycles. The van der Waals surface area contributed by atoms with Gasteiger partial charge in [-0.3, -0.25) is 4.79 Å². The van der Waals surface area contributed by atoms with Crippen LogP contribution in [0.25, 0.3) is 0 Å². The van der Waals surface area contributed by atoms with Crippen molar-refractivity contribution < 1.29 is 23.9 Å². The van der Waals surface area contributed by atoms with Crippen LogP contribution in [-0.2, 0) is 25.5 Å². The fourth-order valence-corrected chi connectivity index (χ4v) is 2.46. The van der Waals surface area contributed by atoms with Crippen LogP contribution >= 0.6 is 0 Å². The minimum Gasteiger partial charge on any atom is -0.466 e. The maximum absolute atomic E-state index is 12.9. The SMILES string of the molecule is COC(=O)/C=C/[C@@H](NC(=O)[C@H](Cc1ccccc1)NC(=O)OC(C)(C)C)C(C)C. The predicted octanol–water partition coefficient (Wildman–Crippen LogP) is 2.99. The van der Waals surface area contributed by atoms with Crippen LogP contribution in [0.4, 0.5) is 4.79 Å². The molecular formula is C22H32N2O5. The average Bonchev–Trinajstić information content (AvgIpc) is 2.63. The number of esters is 1. The highest BCUT2D eigenvalue weighted by atomic mass is 16.6. The number of carbonyl (C=O) groups excluding carboxylic acids is 3. The van der Waals surface area contributed by atoms with Gasteiger partial charge in [-0.2, -0.15) is 0 Å². The predicted molar refractivity (Wildman–Crippen MR) is 111 cm³/mol. The van der Waals surface area contributed by atoms with Crippen molar-refractivity contribution in [2.75, 3.05) is 7.11 Å². The maximum Gasteiger partial charge on any atom is 0.408 e. The van der Waals surface area contributed by atoms with Crippen molar-refractivity contribution in [1.82, 2.24) is 10.6 Å². The van der Waals surface area contributed by atoms with Crippen LogP contribution in [0.15, 0.2) is 42.5 Å². The number of nitrogens with one attached hydrogen (secondary N) is 2. The molecule has 0 spiro atoms. The van der Waals surface area contributed by atoms with Gasteiger partial charge in [0.25, 0.3) is 0 Å². The summed E-state index contributed by atoms with van der Waals surface area (Å²) in [6.07, 6.45) is 2.50. The summed E-state index contributed by atoms with van der Waals surface area (Å²) in [6, 6.07) is 8.15. The van der Waals surface area contributed by atoms with E-state index in [1.807, 2.05) is 44.2 Å². The number of hydrogen-bond donors (Lipinski definition) is 2. The normalized spacial score (nSPS) is 13.6. The number of hydrogen-bond acceptors (Lipinski definition) is 5. The van der Waals surface area contributed by atoms with Gasteiger partial charge in [0.1, 0.15) is 11.6 Å². The van der Waals surface area contributed by atoms with Crippen LogP contribution in [0.3, 0.4) is 0 Å². The Morgan fingerprint density at radius 3 is 2.21 bits per heavy atom. The van der Waals surface area contributed by atoms with E-state index in [2.05, 4.69) is 15.4 Å². The Morgan fingerprint density at radius 2 is 1.69 bits per heavy atom. The first-order chi connectivity index (χ1) is 13.5. The van der Waals surface area contributed by atoms with Crippen molar-refractivity contribution in [2.45, 2.75) is 58.7 Å². The van der Waals surface area contributed by atoms with Crippen molar-refractivity contribution in [3.8, 4) is 0 Å². The zero-order valence-corrected chi connectivity index (χ0v) is 18.0. The molecule has 7 nitrogen and oxygen atoms in total. The van der Waals surface area contributed by atoms with E-state index < -0.39 is 29.7 Å². The van der Waals surface area contributed by atoms with Gasteiger partial charge >= 0.3 is 12.1 Å². The minimum atomic E-state index is -0.833. The number of methoxy groups -OCH3 is 1. The number of rotatable bonds is 8. The lowest BCUT2D eigenvalue weighted by molar-refractivity contribution is -0.135. The Labute approximate surface area is 172 Å². The summed E-state index contributed by atoms with van der Waals surface area (Å²) in [4.78, 5) is 36.6. The zero-order chi connectivity index (χ0) is 22.0. The van der Waals surface area contributed by atoms with Crippen molar-refractivity contribution in [1.29, 1.82) is 0 Å². The smallest absolute Gasteiger partial charge is 0.408 e. The highest BCUT2D eigenvalue weighted by molar-refractivity contribution is 5.87. The van der Waals surface area contributed by atoms with Crippen molar-refractivity contribution in [2.24, 2.45) is 5.92 Å². The molecule has 1 aromatic carbocycles. The Bertz CT molecular complexity index is 708. The topological polar surface area (TPSA) is 93.7 Å². The summed E-state index contributed by atoms with van der Waals surface area (Å²) in [5.74, 6) is -0.843. The molecule has 7 heteroatoms. The lowest BCUT2D eigenvalue weighted by Crippen LogP contribution is -2.52. The molecule has 0 saturated carbocycles. The van der Waals surface area contributed by atoms with Crippen LogP contribution in [0.1, 0.15) is 40.2 Å². The monoisotopic (exact) mass is 404 g/mol. The van der Waals surface area contributed by atoms with Crippen LogP contribution in [0.2, 0.25) is 0 Å². The Kier molecular flexibility index (Phi) is 9.38. The molecule has 0 unspecified atom stereocenters. The second-order valence-electron chi connectivity index (χ2n) is 8.05. The molecule has 2 atom stereocenters. The molecule has 1 rings (SSSR count). The van der Waals surface area contributed by atoms with Crippen LogP contribution in [-0.4, -0.2) is 42.8 Å². The summed E-state index contributed by atoms with van der Waals surface area (Å²) in [7, 11) is 1.29. The molecule has 29 heavy (non-hydrogen) atoms. The highest BCUT2D eigenvalue weighted by Crippen LogP contribution is 2.10. The highest BCUT2D eigenvalue weighted by Gasteiger charge is 2.26. The molecule has 0 saturated heterocycles. The average molecular weight is 405 g/mol. The lowest BCUT2D eigenvalue weighted by Gasteiger charge is -2.26. The van der Waals surface area contributed by atoms with Crippen molar-refractivity contribution in [3.05, 3.63) is 48.0 Å². The van der Waals surface area contributed by atoms with Gasteiger partial charge in [0, 0.05) is 12.5 Å². The fraction of sp³-hybridized carbons (Fsp3) is 0.500. The molecule has 2 N–H and O–H groups in total. The summed E-state index contributed by atoms with van der Waals surface area (Å²) >= 11 is 0. The molecule has 0 aliphatic heterocycles. The Hall–Kier alpha value is -2.83. The zero-order valence-electron chi connectivity index (χ0n) is 18.0. The largest absolute Gasteiger partial charge is 0.466 e. The van der Waals surface area contributed by atoms with Crippen LogP contribution in [0, 0.1) is 5.92 Å². The van der Waals surface area contributed by atoms with Gasteiger partial charge < -0.3 is 20.1 Å². The first-order valence-corrected chi connectivity index (χ1v) is 9.61. The van der Waals surface area contributed by atoms with Gasteiger partial charge in [-0.1, -0.05) is 50.3 Å². The number of benzene rings is 1. The van der Waals surface area contributed by atoms with Gasteiger partial charge in [0.05, 0.1) is 13.2 Å². The van der Waals surface area contributed by atoms with Crippen molar-refractivity contribution >= 4 is 18.0 Å². The van der Waals surface area contributed by atoms with E-state index in [1.54, 1.807) is 26.8 Å². The van der Waals surface area contributed by atoms with Crippen LogP contribution in [0.5, 0.6) is 0 Å². The third-order valence-corrected chi connectivity index (χ3v) is 3.96. The second kappa shape index (κ2) is 11.2. The summed E-state index contributed by atoms with van der Waals surface area (Å²) < 4.78 is 9.90. The van der Waals surface area contributed by atoms with Gasteiger partial charge in [-0.05, 0) is 32.3 Å².